The zero-order valence-corrected chi connectivity index (χ0v) is 20.2. The Morgan fingerprint density at radius 2 is 1.56 bits per heavy atom. The molecule has 0 aliphatic carbocycles. The monoisotopic (exact) mass is 494 g/mol. The van der Waals surface area contributed by atoms with Gasteiger partial charge in [0.25, 0.3) is 0 Å². The number of furan rings is 1. The van der Waals surface area contributed by atoms with Gasteiger partial charge in [0, 0.05) is 30.6 Å². The van der Waals surface area contributed by atoms with Gasteiger partial charge >= 0.3 is 6.18 Å². The molecule has 188 valence electrons. The van der Waals surface area contributed by atoms with Gasteiger partial charge in [0.2, 0.25) is 0 Å². The summed E-state index contributed by atoms with van der Waals surface area (Å²) in [4.78, 5) is 4.69. The standard InChI is InChI=1S/C29H29F3N2O2/c1-35-28-6-3-2-5-26(28)22-9-12-27-23(17-22)18-25(36-27)20-34-14-4-13-33(15-16-34)19-21-7-10-24(11-8-21)29(30,31)32/h2-3,5-12,17-18H,4,13-16,19-20H2,1H3. The van der Waals surface area contributed by atoms with E-state index in [2.05, 4.69) is 34.1 Å². The van der Waals surface area contributed by atoms with Crippen molar-refractivity contribution in [2.75, 3.05) is 33.3 Å². The molecule has 7 heteroatoms. The van der Waals surface area contributed by atoms with E-state index in [9.17, 15) is 13.2 Å². The minimum atomic E-state index is -4.30. The summed E-state index contributed by atoms with van der Waals surface area (Å²) in [6.45, 7) is 4.99. The molecule has 0 unspecified atom stereocenters. The SMILES string of the molecule is COc1ccccc1-c1ccc2oc(CN3CCCN(Cc4ccc(C(F)(F)F)cc4)CC3)cc2c1. The maximum atomic E-state index is 12.8. The van der Waals surface area contributed by atoms with Crippen molar-refractivity contribution in [3.63, 3.8) is 0 Å². The first-order valence-electron chi connectivity index (χ1n) is 12.2. The van der Waals surface area contributed by atoms with Gasteiger partial charge in [0.15, 0.2) is 0 Å². The van der Waals surface area contributed by atoms with Crippen LogP contribution in [0.2, 0.25) is 0 Å². The molecule has 0 saturated carbocycles. The van der Waals surface area contributed by atoms with Crippen LogP contribution in [0.15, 0.2) is 77.2 Å². The van der Waals surface area contributed by atoms with Gasteiger partial charge in [-0.1, -0.05) is 36.4 Å². The second kappa shape index (κ2) is 10.4. The summed E-state index contributed by atoms with van der Waals surface area (Å²) in [5, 5.41) is 1.06. The number of hydrogen-bond acceptors (Lipinski definition) is 4. The van der Waals surface area contributed by atoms with E-state index >= 15 is 0 Å². The molecule has 36 heavy (non-hydrogen) atoms. The number of methoxy groups -OCH3 is 1. The summed E-state index contributed by atoms with van der Waals surface area (Å²) < 4.78 is 50.1. The van der Waals surface area contributed by atoms with Gasteiger partial charge in [0.1, 0.15) is 17.1 Å². The van der Waals surface area contributed by atoms with Crippen molar-refractivity contribution in [2.24, 2.45) is 0 Å². The number of rotatable bonds is 6. The predicted octanol–water partition coefficient (Wildman–Crippen LogP) is 6.84. The average Bonchev–Trinajstić information content (AvgIpc) is 3.15. The van der Waals surface area contributed by atoms with Crippen molar-refractivity contribution >= 4 is 11.0 Å². The van der Waals surface area contributed by atoms with Crippen molar-refractivity contribution < 1.29 is 22.3 Å². The van der Waals surface area contributed by atoms with E-state index in [-0.39, 0.29) is 0 Å². The smallest absolute Gasteiger partial charge is 0.416 e. The maximum absolute atomic E-state index is 12.8. The van der Waals surface area contributed by atoms with Gasteiger partial charge in [0.05, 0.1) is 19.2 Å². The molecule has 0 N–H and O–H groups in total. The minimum Gasteiger partial charge on any atom is -0.496 e. The topological polar surface area (TPSA) is 28.9 Å². The van der Waals surface area contributed by atoms with Crippen LogP contribution in [0.25, 0.3) is 22.1 Å². The number of fused-ring (bicyclic) bond motifs is 1. The third kappa shape index (κ3) is 5.58. The van der Waals surface area contributed by atoms with Crippen LogP contribution in [-0.2, 0) is 19.3 Å². The third-order valence-corrected chi connectivity index (χ3v) is 6.73. The minimum absolute atomic E-state index is 0.603. The molecule has 0 bridgehead atoms. The van der Waals surface area contributed by atoms with Crippen LogP contribution < -0.4 is 4.74 Å². The average molecular weight is 495 g/mol. The Morgan fingerprint density at radius 1 is 0.833 bits per heavy atom. The van der Waals surface area contributed by atoms with Crippen LogP contribution in [0.5, 0.6) is 5.75 Å². The number of halogens is 3. The summed E-state index contributed by atoms with van der Waals surface area (Å²) in [5.74, 6) is 1.77. The Kier molecular flexibility index (Phi) is 7.03. The quantitative estimate of drug-likeness (QED) is 0.294. The fraction of sp³-hybridized carbons (Fsp3) is 0.310. The normalized spacial score (nSPS) is 15.8. The molecule has 0 atom stereocenters. The van der Waals surface area contributed by atoms with Crippen molar-refractivity contribution in [2.45, 2.75) is 25.7 Å². The second-order valence-electron chi connectivity index (χ2n) is 9.27. The zero-order valence-electron chi connectivity index (χ0n) is 20.2. The fourth-order valence-electron chi connectivity index (χ4n) is 4.85. The van der Waals surface area contributed by atoms with Gasteiger partial charge in [-0.2, -0.15) is 13.2 Å². The van der Waals surface area contributed by atoms with Crippen LogP contribution in [0, 0.1) is 0 Å². The lowest BCUT2D eigenvalue weighted by Crippen LogP contribution is -2.30. The molecule has 1 aromatic heterocycles. The summed E-state index contributed by atoms with van der Waals surface area (Å²) in [5.41, 5.74) is 3.29. The van der Waals surface area contributed by atoms with E-state index in [1.54, 1.807) is 19.2 Å². The molecular formula is C29H29F3N2O2. The largest absolute Gasteiger partial charge is 0.496 e. The first kappa shape index (κ1) is 24.4. The number of benzene rings is 3. The molecule has 0 spiro atoms. The molecule has 1 aliphatic heterocycles. The van der Waals surface area contributed by atoms with Crippen LogP contribution in [0.4, 0.5) is 13.2 Å². The predicted molar refractivity (Wildman–Crippen MR) is 135 cm³/mol. The fourth-order valence-corrected chi connectivity index (χ4v) is 4.85. The van der Waals surface area contributed by atoms with Gasteiger partial charge in [-0.3, -0.25) is 9.80 Å². The Morgan fingerprint density at radius 3 is 2.28 bits per heavy atom. The highest BCUT2D eigenvalue weighted by Crippen LogP contribution is 2.33. The number of hydrogen-bond donors (Lipinski definition) is 0. The van der Waals surface area contributed by atoms with Crippen molar-refractivity contribution in [1.29, 1.82) is 0 Å². The van der Waals surface area contributed by atoms with E-state index in [0.29, 0.717) is 6.54 Å². The molecule has 5 rings (SSSR count). The highest BCUT2D eigenvalue weighted by Gasteiger charge is 2.30. The van der Waals surface area contributed by atoms with Gasteiger partial charge < -0.3 is 9.15 Å². The van der Waals surface area contributed by atoms with E-state index in [1.807, 2.05) is 24.3 Å². The highest BCUT2D eigenvalue weighted by molar-refractivity contribution is 5.85. The van der Waals surface area contributed by atoms with Gasteiger partial charge in [-0.25, -0.2) is 0 Å². The van der Waals surface area contributed by atoms with Gasteiger partial charge in [-0.15, -0.1) is 0 Å². The molecule has 4 aromatic rings. The van der Waals surface area contributed by atoms with E-state index < -0.39 is 11.7 Å². The molecule has 4 nitrogen and oxygen atoms in total. The van der Waals surface area contributed by atoms with Crippen LogP contribution in [0.1, 0.15) is 23.3 Å². The van der Waals surface area contributed by atoms with E-state index in [1.165, 1.54) is 12.1 Å². The Labute approximate surface area is 208 Å². The molecule has 1 aliphatic rings. The van der Waals surface area contributed by atoms with Crippen LogP contribution >= 0.6 is 0 Å². The van der Waals surface area contributed by atoms with E-state index in [0.717, 1.165) is 78.3 Å². The summed E-state index contributed by atoms with van der Waals surface area (Å²) in [6.07, 6.45) is -3.30. The molecule has 0 amide bonds. The zero-order chi connectivity index (χ0) is 25.1. The Bertz CT molecular complexity index is 1310. The lowest BCUT2D eigenvalue weighted by molar-refractivity contribution is -0.137. The summed E-state index contributed by atoms with van der Waals surface area (Å²) in [6, 6.07) is 21.8. The lowest BCUT2D eigenvalue weighted by atomic mass is 10.0. The molecule has 3 aromatic carbocycles. The Balaban J connectivity index is 1.21. The molecule has 1 fully saturated rings. The number of alkyl halides is 3. The van der Waals surface area contributed by atoms with Crippen LogP contribution in [-0.4, -0.2) is 43.1 Å². The molecule has 2 heterocycles. The number of para-hydroxylation sites is 1. The van der Waals surface area contributed by atoms with Gasteiger partial charge in [-0.05, 0) is 67.0 Å². The molecule has 1 saturated heterocycles. The maximum Gasteiger partial charge on any atom is 0.416 e. The van der Waals surface area contributed by atoms with E-state index in [4.69, 9.17) is 9.15 Å². The first-order chi connectivity index (χ1) is 17.4. The van der Waals surface area contributed by atoms with Crippen molar-refractivity contribution in [3.8, 4) is 16.9 Å². The highest BCUT2D eigenvalue weighted by atomic mass is 19.4. The van der Waals surface area contributed by atoms with Crippen molar-refractivity contribution in [3.05, 3.63) is 89.7 Å². The second-order valence-corrected chi connectivity index (χ2v) is 9.27. The lowest BCUT2D eigenvalue weighted by Gasteiger charge is -2.21. The molecule has 0 radical (unpaired) electrons. The summed E-state index contributed by atoms with van der Waals surface area (Å²) >= 11 is 0. The van der Waals surface area contributed by atoms with Crippen molar-refractivity contribution in [1.82, 2.24) is 9.80 Å². The summed E-state index contributed by atoms with van der Waals surface area (Å²) in [7, 11) is 1.68. The third-order valence-electron chi connectivity index (χ3n) is 6.73. The molecular weight excluding hydrogens is 465 g/mol. The number of ether oxygens (including phenoxy) is 1. The number of nitrogens with zero attached hydrogens (tertiary/aromatic N) is 2. The van der Waals surface area contributed by atoms with Crippen LogP contribution in [0.3, 0.4) is 0 Å². The Hall–Kier alpha value is -3.29. The first-order valence-corrected chi connectivity index (χ1v) is 12.2.